The summed E-state index contributed by atoms with van der Waals surface area (Å²) in [5, 5.41) is 3.04. The highest BCUT2D eigenvalue weighted by Crippen LogP contribution is 2.25. The van der Waals surface area contributed by atoms with Gasteiger partial charge in [0.1, 0.15) is 11.5 Å². The summed E-state index contributed by atoms with van der Waals surface area (Å²) in [5.74, 6) is 1.29. The zero-order chi connectivity index (χ0) is 15.2. The summed E-state index contributed by atoms with van der Waals surface area (Å²) in [6, 6.07) is 5.72. The third-order valence-electron chi connectivity index (χ3n) is 3.86. The molecule has 2 rings (SSSR count). The molecule has 1 unspecified atom stereocenters. The standard InChI is InChI=1S/C16H24N2O3/c1-11(16(19)18-13-5-3-4-6-13)21-15-8-7-14(20-2)9-12(15)10-17/h7-9,11,13H,3-6,10,17H2,1-2H3,(H,18,19). The van der Waals surface area contributed by atoms with Crippen molar-refractivity contribution in [1.82, 2.24) is 5.32 Å². The second-order valence-electron chi connectivity index (χ2n) is 5.43. The van der Waals surface area contributed by atoms with Gasteiger partial charge in [-0.25, -0.2) is 0 Å². The molecule has 0 spiro atoms. The summed E-state index contributed by atoms with van der Waals surface area (Å²) in [5.41, 5.74) is 6.55. The predicted molar refractivity (Wildman–Crippen MR) is 81.4 cm³/mol. The Morgan fingerprint density at radius 1 is 1.43 bits per heavy atom. The third kappa shape index (κ3) is 4.11. The topological polar surface area (TPSA) is 73.6 Å². The fraction of sp³-hybridized carbons (Fsp3) is 0.562. The number of carbonyl (C=O) groups excluding carboxylic acids is 1. The first-order valence-corrected chi connectivity index (χ1v) is 7.48. The Morgan fingerprint density at radius 2 is 2.14 bits per heavy atom. The SMILES string of the molecule is COc1ccc(OC(C)C(=O)NC2CCCC2)c(CN)c1. The van der Waals surface area contributed by atoms with Crippen molar-refractivity contribution in [3.63, 3.8) is 0 Å². The Kier molecular flexibility index (Phi) is 5.44. The third-order valence-corrected chi connectivity index (χ3v) is 3.86. The lowest BCUT2D eigenvalue weighted by atomic mass is 10.2. The van der Waals surface area contributed by atoms with E-state index in [1.54, 1.807) is 26.2 Å². The van der Waals surface area contributed by atoms with Gasteiger partial charge in [0.05, 0.1) is 7.11 Å². The lowest BCUT2D eigenvalue weighted by Gasteiger charge is -2.19. The molecule has 0 radical (unpaired) electrons. The summed E-state index contributed by atoms with van der Waals surface area (Å²) in [7, 11) is 1.60. The van der Waals surface area contributed by atoms with Gasteiger partial charge >= 0.3 is 0 Å². The molecule has 1 saturated carbocycles. The van der Waals surface area contributed by atoms with Crippen LogP contribution in [0.4, 0.5) is 0 Å². The smallest absolute Gasteiger partial charge is 0.260 e. The first-order valence-electron chi connectivity index (χ1n) is 7.48. The minimum absolute atomic E-state index is 0.0688. The van der Waals surface area contributed by atoms with Crippen molar-refractivity contribution in [1.29, 1.82) is 0 Å². The molecule has 5 heteroatoms. The summed E-state index contributed by atoms with van der Waals surface area (Å²) in [6.07, 6.45) is 3.97. The van der Waals surface area contributed by atoms with Crippen LogP contribution >= 0.6 is 0 Å². The Labute approximate surface area is 125 Å². The quantitative estimate of drug-likeness (QED) is 0.841. The van der Waals surface area contributed by atoms with Gasteiger partial charge in [-0.1, -0.05) is 12.8 Å². The molecule has 1 aromatic rings. The van der Waals surface area contributed by atoms with Crippen LogP contribution in [-0.4, -0.2) is 25.2 Å². The molecule has 5 nitrogen and oxygen atoms in total. The molecule has 0 bridgehead atoms. The van der Waals surface area contributed by atoms with Gasteiger partial charge in [0, 0.05) is 18.2 Å². The molecule has 1 atom stereocenters. The van der Waals surface area contributed by atoms with Crippen LogP contribution in [0.3, 0.4) is 0 Å². The number of hydrogen-bond donors (Lipinski definition) is 2. The van der Waals surface area contributed by atoms with E-state index in [1.165, 1.54) is 12.8 Å². The van der Waals surface area contributed by atoms with Crippen molar-refractivity contribution >= 4 is 5.91 Å². The lowest BCUT2D eigenvalue weighted by Crippen LogP contribution is -2.41. The highest BCUT2D eigenvalue weighted by molar-refractivity contribution is 5.81. The molecular weight excluding hydrogens is 268 g/mol. The molecule has 1 aromatic carbocycles. The normalized spacial score (nSPS) is 16.5. The Balaban J connectivity index is 1.97. The second kappa shape index (κ2) is 7.31. The van der Waals surface area contributed by atoms with E-state index in [2.05, 4.69) is 5.32 Å². The van der Waals surface area contributed by atoms with E-state index in [-0.39, 0.29) is 5.91 Å². The van der Waals surface area contributed by atoms with Crippen LogP contribution in [0.25, 0.3) is 0 Å². The van der Waals surface area contributed by atoms with Crippen LogP contribution in [0.1, 0.15) is 38.2 Å². The highest BCUT2D eigenvalue weighted by Gasteiger charge is 2.22. The first kappa shape index (κ1) is 15.6. The number of nitrogens with two attached hydrogens (primary N) is 1. The molecule has 0 heterocycles. The van der Waals surface area contributed by atoms with E-state index in [1.807, 2.05) is 6.07 Å². The number of rotatable bonds is 6. The van der Waals surface area contributed by atoms with E-state index in [0.29, 0.717) is 18.3 Å². The van der Waals surface area contributed by atoms with Crippen LogP contribution in [0.2, 0.25) is 0 Å². The Hall–Kier alpha value is -1.75. The summed E-state index contributed by atoms with van der Waals surface area (Å²) in [6.45, 7) is 2.10. The summed E-state index contributed by atoms with van der Waals surface area (Å²) in [4.78, 5) is 12.1. The van der Waals surface area contributed by atoms with Gasteiger partial charge in [0.25, 0.3) is 5.91 Å². The van der Waals surface area contributed by atoms with E-state index >= 15 is 0 Å². The molecule has 21 heavy (non-hydrogen) atoms. The van der Waals surface area contributed by atoms with Crippen LogP contribution in [0, 0.1) is 0 Å². The van der Waals surface area contributed by atoms with E-state index in [4.69, 9.17) is 15.2 Å². The number of methoxy groups -OCH3 is 1. The zero-order valence-corrected chi connectivity index (χ0v) is 12.7. The molecule has 1 amide bonds. The Bertz CT molecular complexity index is 484. The van der Waals surface area contributed by atoms with Crippen molar-refractivity contribution in [2.24, 2.45) is 5.73 Å². The van der Waals surface area contributed by atoms with Gasteiger partial charge < -0.3 is 20.5 Å². The molecule has 3 N–H and O–H groups in total. The first-order chi connectivity index (χ1) is 10.1. The number of nitrogens with one attached hydrogen (secondary N) is 1. The number of amides is 1. The van der Waals surface area contributed by atoms with Gasteiger partial charge in [0.15, 0.2) is 6.10 Å². The molecule has 0 aromatic heterocycles. The highest BCUT2D eigenvalue weighted by atomic mass is 16.5. The molecule has 1 fully saturated rings. The number of carbonyl (C=O) groups is 1. The number of ether oxygens (including phenoxy) is 2. The van der Waals surface area contributed by atoms with Crippen molar-refractivity contribution < 1.29 is 14.3 Å². The largest absolute Gasteiger partial charge is 0.497 e. The van der Waals surface area contributed by atoms with Gasteiger partial charge in [-0.3, -0.25) is 4.79 Å². The van der Waals surface area contributed by atoms with Gasteiger partial charge in [-0.05, 0) is 38.0 Å². The van der Waals surface area contributed by atoms with Crippen molar-refractivity contribution in [3.05, 3.63) is 23.8 Å². The van der Waals surface area contributed by atoms with Crippen molar-refractivity contribution in [2.45, 2.75) is 51.3 Å². The molecule has 0 aliphatic heterocycles. The minimum Gasteiger partial charge on any atom is -0.497 e. The maximum Gasteiger partial charge on any atom is 0.260 e. The zero-order valence-electron chi connectivity index (χ0n) is 12.7. The average molecular weight is 292 g/mol. The molecule has 1 aliphatic carbocycles. The van der Waals surface area contributed by atoms with Gasteiger partial charge in [-0.15, -0.1) is 0 Å². The molecule has 0 saturated heterocycles. The molecular formula is C16H24N2O3. The van der Waals surface area contributed by atoms with Gasteiger partial charge in [0.2, 0.25) is 0 Å². The predicted octanol–water partition coefficient (Wildman–Crippen LogP) is 1.98. The Morgan fingerprint density at radius 3 is 2.76 bits per heavy atom. The van der Waals surface area contributed by atoms with Crippen LogP contribution in [0.5, 0.6) is 11.5 Å². The summed E-state index contributed by atoms with van der Waals surface area (Å²) >= 11 is 0. The maximum absolute atomic E-state index is 12.1. The van der Waals surface area contributed by atoms with Crippen molar-refractivity contribution in [2.75, 3.05) is 7.11 Å². The fourth-order valence-corrected chi connectivity index (χ4v) is 2.59. The van der Waals surface area contributed by atoms with Crippen LogP contribution < -0.4 is 20.5 Å². The number of hydrogen-bond acceptors (Lipinski definition) is 4. The van der Waals surface area contributed by atoms with Crippen molar-refractivity contribution in [3.8, 4) is 11.5 Å². The van der Waals surface area contributed by atoms with E-state index in [0.717, 1.165) is 24.2 Å². The fourth-order valence-electron chi connectivity index (χ4n) is 2.59. The van der Waals surface area contributed by atoms with Crippen LogP contribution in [0.15, 0.2) is 18.2 Å². The van der Waals surface area contributed by atoms with E-state index in [9.17, 15) is 4.79 Å². The lowest BCUT2D eigenvalue weighted by molar-refractivity contribution is -0.127. The molecule has 1 aliphatic rings. The minimum atomic E-state index is -0.538. The monoisotopic (exact) mass is 292 g/mol. The maximum atomic E-state index is 12.1. The van der Waals surface area contributed by atoms with E-state index < -0.39 is 6.10 Å². The van der Waals surface area contributed by atoms with Crippen LogP contribution in [-0.2, 0) is 11.3 Å². The average Bonchev–Trinajstić information content (AvgIpc) is 3.00. The molecule has 116 valence electrons. The second-order valence-corrected chi connectivity index (χ2v) is 5.43. The summed E-state index contributed by atoms with van der Waals surface area (Å²) < 4.78 is 10.9. The van der Waals surface area contributed by atoms with Gasteiger partial charge in [-0.2, -0.15) is 0 Å². The number of benzene rings is 1.